The van der Waals surface area contributed by atoms with Crippen LogP contribution in [0.25, 0.3) is 0 Å². The molecular formula is H4N2O2. The fourth-order valence-electron chi connectivity index (χ4n) is 0. The van der Waals surface area contributed by atoms with Crippen LogP contribution in [0.3, 0.4) is 0 Å². The van der Waals surface area contributed by atoms with E-state index in [1.807, 2.05) is 0 Å². The normalized spacial score (nSPS) is 3.00. The number of hydrogen-bond donors (Lipinski definition) is 2. The Labute approximate surface area is 23.0 Å². The van der Waals surface area contributed by atoms with Gasteiger partial charge in [0.15, 0.2) is 0 Å². The average Bonchev–Trinajstić information content (AvgIpc) is 0.918. The molecule has 0 bridgehead atoms. The molecule has 0 aromatic rings. The second kappa shape index (κ2) is 33.7. The van der Waals surface area contributed by atoms with Crippen molar-refractivity contribution in [3.05, 3.63) is 10.1 Å². The molecule has 0 aliphatic rings. The average molecular weight is 64.0 g/mol. The number of nitrogens with one attached hydrogen (secondary N) is 1. The van der Waals surface area contributed by atoms with E-state index in [-0.39, 0.29) is 11.5 Å². The molecule has 0 aliphatic heterocycles. The third-order valence-electron chi connectivity index (χ3n) is 0. The van der Waals surface area contributed by atoms with Crippen LogP contribution in [0.2, 0.25) is 0 Å². The molecule has 0 amide bonds. The second-order valence-electron chi connectivity index (χ2n) is 0.0833. The van der Waals surface area contributed by atoms with Crippen molar-refractivity contribution in [3.8, 4) is 0 Å². The van der Waals surface area contributed by atoms with Gasteiger partial charge in [-0.25, -0.2) is 0 Å². The maximum Gasteiger partial charge on any atom is 0.00366 e. The lowest BCUT2D eigenvalue weighted by atomic mass is 13.4. The van der Waals surface area contributed by atoms with Crippen molar-refractivity contribution in [2.24, 2.45) is 0 Å². The fraction of sp³-hybridized carbons (Fsp3) is 0. The van der Waals surface area contributed by atoms with Crippen LogP contribution in [0, 0.1) is 10.1 Å². The maximum atomic E-state index is 8.12. The summed E-state index contributed by atoms with van der Waals surface area (Å²) in [6.45, 7) is 0. The summed E-state index contributed by atoms with van der Waals surface area (Å²) in [5.74, 6) is 0. The summed E-state index contributed by atoms with van der Waals surface area (Å²) in [5.41, 5.74) is 0. The van der Waals surface area contributed by atoms with Gasteiger partial charge in [-0.05, 0) is 0 Å². The molecule has 0 atom stereocenters. The Morgan fingerprint density at radius 2 is 1.75 bits per heavy atom. The third kappa shape index (κ3) is 0.430. The van der Waals surface area contributed by atoms with Crippen molar-refractivity contribution in [1.82, 2.24) is 6.15 Å². The Kier molecular flexibility index (Phi) is 85.2. The summed E-state index contributed by atoms with van der Waals surface area (Å²) in [6, 6.07) is 0. The van der Waals surface area contributed by atoms with Crippen LogP contribution in [0.4, 0.5) is 0 Å². The Bertz CT molecular complexity index is 11.5. The van der Waals surface area contributed by atoms with Crippen molar-refractivity contribution >= 4 is 0 Å². The van der Waals surface area contributed by atoms with E-state index in [2.05, 4.69) is 0 Å². The molecule has 0 unspecified atom stereocenters. The minimum absolute atomic E-state index is 0. The van der Waals surface area contributed by atoms with Crippen LogP contribution in [0.1, 0.15) is 0 Å². The molecule has 4 nitrogen and oxygen atoms in total. The fourth-order valence-corrected chi connectivity index (χ4v) is 0. The first-order valence-electron chi connectivity index (χ1n) is 0.408. The van der Waals surface area contributed by atoms with Gasteiger partial charge in [-0.2, -0.15) is 0 Å². The predicted molar refractivity (Wildman–Crippen MR) is 12.7 cm³/mol. The smallest absolute Gasteiger partial charge is 0.00366 e. The molecule has 0 heterocycles. The van der Waals surface area contributed by atoms with E-state index in [0.29, 0.717) is 0 Å². The summed E-state index contributed by atoms with van der Waals surface area (Å²) in [4.78, 5) is 8.12. The largest absolute Gasteiger partial charge is 0.344 e. The van der Waals surface area contributed by atoms with Gasteiger partial charge in [0.2, 0.25) is 0 Å². The number of hydrogen-bond acceptors (Lipinski definition) is 3. The van der Waals surface area contributed by atoms with Crippen LogP contribution in [-0.4, -0.2) is 0 Å². The molecule has 4 N–H and O–H groups in total. The van der Waals surface area contributed by atoms with Crippen molar-refractivity contribution in [3.63, 3.8) is 0 Å². The lowest BCUT2D eigenvalue weighted by molar-refractivity contribution is -0.398. The quantitative estimate of drug-likeness (QED) is 0.265. The van der Waals surface area contributed by atoms with E-state index in [1.54, 1.807) is 0 Å². The summed E-state index contributed by atoms with van der Waals surface area (Å²) in [6.07, 6.45) is 0. The van der Waals surface area contributed by atoms with E-state index in [9.17, 15) is 0 Å². The van der Waals surface area contributed by atoms with Crippen LogP contribution < -0.4 is 11.5 Å². The molecule has 0 radical (unpaired) electrons. The van der Waals surface area contributed by atoms with Gasteiger partial charge in [-0.3, -0.25) is 10.1 Å². The zero-order valence-electron chi connectivity index (χ0n) is 2.02. The second-order valence-corrected chi connectivity index (χ2v) is 0.0833. The SMILES string of the molecule is N.O=[NH+][O-]. The molecule has 0 saturated carbocycles. The first-order chi connectivity index (χ1) is 1.41. The Morgan fingerprint density at radius 3 is 1.75 bits per heavy atom. The van der Waals surface area contributed by atoms with Gasteiger partial charge >= 0.3 is 0 Å². The van der Waals surface area contributed by atoms with Gasteiger partial charge in [0.25, 0.3) is 0 Å². The molecule has 0 saturated heterocycles. The summed E-state index contributed by atoms with van der Waals surface area (Å²) in [5, 5.41) is 8.38. The van der Waals surface area contributed by atoms with E-state index >= 15 is 0 Å². The van der Waals surface area contributed by atoms with Gasteiger partial charge < -0.3 is 6.15 Å². The molecular weight excluding hydrogens is 60.0 g/mol. The van der Waals surface area contributed by atoms with Gasteiger partial charge in [0, 0.05) is 5.34 Å². The monoisotopic (exact) mass is 64.0 g/mol. The van der Waals surface area contributed by atoms with Crippen LogP contribution in [-0.2, 0) is 0 Å². The Morgan fingerprint density at radius 1 is 1.75 bits per heavy atom. The van der Waals surface area contributed by atoms with Gasteiger partial charge in [0.05, 0.1) is 0 Å². The molecule has 26 valence electrons. The van der Waals surface area contributed by atoms with Crippen molar-refractivity contribution in [2.75, 3.05) is 0 Å². The van der Waals surface area contributed by atoms with Gasteiger partial charge in [0.1, 0.15) is 0 Å². The van der Waals surface area contributed by atoms with Crippen LogP contribution >= 0.6 is 0 Å². The summed E-state index contributed by atoms with van der Waals surface area (Å²) < 4.78 is 0. The highest BCUT2D eigenvalue weighted by Crippen LogP contribution is 0.618. The van der Waals surface area contributed by atoms with Crippen molar-refractivity contribution < 1.29 is 5.34 Å². The molecule has 0 spiro atoms. The maximum absolute atomic E-state index is 8.12. The highest BCUT2D eigenvalue weighted by molar-refractivity contribution is 3.77. The number of rotatable bonds is 0. The first kappa shape index (κ1) is 10.1. The standard InChI is InChI=1S/HNO2.H3N/c2-1-3;/h1H;1H3. The molecule has 0 fully saturated rings. The topological polar surface area (TPSA) is 89.1 Å². The predicted octanol–water partition coefficient (Wildman–Crippen LogP) is -1.51. The van der Waals surface area contributed by atoms with Crippen molar-refractivity contribution in [1.29, 1.82) is 0 Å². The Balaban J connectivity index is 0. The van der Waals surface area contributed by atoms with E-state index in [0.717, 1.165) is 0 Å². The van der Waals surface area contributed by atoms with Gasteiger partial charge in [-0.1, -0.05) is 0 Å². The van der Waals surface area contributed by atoms with Crippen LogP contribution in [0.5, 0.6) is 0 Å². The molecule has 0 aromatic heterocycles. The highest BCUT2D eigenvalue weighted by atomic mass is 16.6. The molecule has 4 heavy (non-hydrogen) atoms. The minimum Gasteiger partial charge on any atom is -0.344 e. The minimum atomic E-state index is 0. The Hall–Kier alpha value is -0.640. The lowest BCUT2D eigenvalue weighted by Crippen LogP contribution is -2.53. The van der Waals surface area contributed by atoms with E-state index in [1.165, 1.54) is 0 Å². The van der Waals surface area contributed by atoms with Crippen molar-refractivity contribution in [2.45, 2.75) is 0 Å². The molecule has 4 heteroatoms. The van der Waals surface area contributed by atoms with E-state index < -0.39 is 0 Å². The van der Waals surface area contributed by atoms with E-state index in [4.69, 9.17) is 10.1 Å². The van der Waals surface area contributed by atoms with Crippen LogP contribution in [0.15, 0.2) is 0 Å². The highest BCUT2D eigenvalue weighted by Gasteiger charge is 1.10. The summed E-state index contributed by atoms with van der Waals surface area (Å²) >= 11 is 0. The molecule has 0 aromatic carbocycles. The summed E-state index contributed by atoms with van der Waals surface area (Å²) in [7, 11) is 0. The molecule has 0 rings (SSSR count). The third-order valence-corrected chi connectivity index (χ3v) is 0. The van der Waals surface area contributed by atoms with Gasteiger partial charge in [-0.15, -0.1) is 0 Å². The lowest BCUT2D eigenvalue weighted by Gasteiger charge is -1.36. The molecule has 0 aliphatic carbocycles. The zero-order valence-corrected chi connectivity index (χ0v) is 2.02. The first-order valence-corrected chi connectivity index (χ1v) is 0.408. The zero-order chi connectivity index (χ0) is 2.71.